The minimum Gasteiger partial charge on any atom is -0.497 e. The van der Waals surface area contributed by atoms with Crippen molar-refractivity contribution in [2.75, 3.05) is 7.11 Å². The van der Waals surface area contributed by atoms with Gasteiger partial charge in [0.25, 0.3) is 5.56 Å². The molecule has 3 rings (SSSR count). The Balaban J connectivity index is 2.25. The Hall–Kier alpha value is -2.93. The van der Waals surface area contributed by atoms with Crippen LogP contribution in [0.5, 0.6) is 5.75 Å². The van der Waals surface area contributed by atoms with Crippen LogP contribution in [0.3, 0.4) is 0 Å². The zero-order chi connectivity index (χ0) is 18.9. The molecule has 0 spiro atoms. The molecule has 1 aromatic heterocycles. The Kier molecular flexibility index (Phi) is 4.65. The van der Waals surface area contributed by atoms with E-state index in [1.807, 2.05) is 0 Å². The van der Waals surface area contributed by atoms with Gasteiger partial charge in [-0.15, -0.1) is 0 Å². The molecule has 0 saturated heterocycles. The second-order valence-corrected chi connectivity index (χ2v) is 7.65. The largest absolute Gasteiger partial charge is 0.497 e. The average Bonchev–Trinajstić information content (AvgIpc) is 2.67. The molecule has 134 valence electrons. The molecule has 0 unspecified atom stereocenters. The van der Waals surface area contributed by atoms with Crippen molar-refractivity contribution in [3.8, 4) is 11.4 Å². The van der Waals surface area contributed by atoms with Gasteiger partial charge in [0, 0.05) is 5.56 Å². The fraction of sp³-hybridized carbons (Fsp3) is 0.158. The number of ether oxygens (including phenoxy) is 1. The van der Waals surface area contributed by atoms with Crippen molar-refractivity contribution in [2.45, 2.75) is 23.8 Å². The molecular formula is C19H18N2O4S. The maximum atomic E-state index is 13.0. The zero-order valence-corrected chi connectivity index (χ0v) is 15.4. The van der Waals surface area contributed by atoms with Gasteiger partial charge in [-0.1, -0.05) is 18.2 Å². The fourth-order valence-corrected chi connectivity index (χ4v) is 4.04. The molecule has 26 heavy (non-hydrogen) atoms. The van der Waals surface area contributed by atoms with Crippen LogP contribution >= 0.6 is 0 Å². The zero-order valence-electron chi connectivity index (χ0n) is 14.6. The highest BCUT2D eigenvalue weighted by Gasteiger charge is 2.25. The van der Waals surface area contributed by atoms with E-state index < -0.39 is 9.84 Å². The molecule has 0 amide bonds. The first-order valence-electron chi connectivity index (χ1n) is 7.91. The molecule has 1 heterocycles. The Bertz CT molecular complexity index is 1100. The second kappa shape index (κ2) is 6.76. The fourth-order valence-electron chi connectivity index (χ4n) is 2.56. The van der Waals surface area contributed by atoms with Crippen LogP contribution in [-0.4, -0.2) is 25.3 Å². The molecule has 0 fully saturated rings. The molecule has 0 N–H and O–H groups in total. The van der Waals surface area contributed by atoms with Crippen LogP contribution in [0.2, 0.25) is 0 Å². The Morgan fingerprint density at radius 2 is 1.54 bits per heavy atom. The van der Waals surface area contributed by atoms with E-state index in [1.54, 1.807) is 63.4 Å². The molecule has 2 aromatic carbocycles. The van der Waals surface area contributed by atoms with E-state index in [4.69, 9.17) is 4.74 Å². The van der Waals surface area contributed by atoms with Gasteiger partial charge in [-0.05, 0) is 55.8 Å². The topological polar surface area (TPSA) is 78.3 Å². The summed E-state index contributed by atoms with van der Waals surface area (Å²) in [6.07, 6.45) is 0. The lowest BCUT2D eigenvalue weighted by Gasteiger charge is -2.13. The van der Waals surface area contributed by atoms with Crippen LogP contribution in [-0.2, 0) is 9.84 Å². The van der Waals surface area contributed by atoms with Crippen molar-refractivity contribution in [1.82, 2.24) is 9.78 Å². The summed E-state index contributed by atoms with van der Waals surface area (Å²) in [5.41, 5.74) is 0.789. The lowest BCUT2D eigenvalue weighted by molar-refractivity contribution is 0.414. The highest BCUT2D eigenvalue weighted by molar-refractivity contribution is 7.91. The average molecular weight is 370 g/mol. The van der Waals surface area contributed by atoms with Gasteiger partial charge < -0.3 is 4.74 Å². The van der Waals surface area contributed by atoms with E-state index in [2.05, 4.69) is 5.10 Å². The standard InChI is InChI=1S/C19H18N2O4S/c1-13-14(2)19(22)21(15-9-11-16(25-3)12-10-15)20-18(13)26(23,24)17-7-5-4-6-8-17/h4-12H,1-3H3. The Morgan fingerprint density at radius 1 is 0.923 bits per heavy atom. The predicted octanol–water partition coefficient (Wildman–Crippen LogP) is 2.69. The number of rotatable bonds is 4. The highest BCUT2D eigenvalue weighted by atomic mass is 32.2. The lowest BCUT2D eigenvalue weighted by atomic mass is 10.2. The van der Waals surface area contributed by atoms with Crippen molar-refractivity contribution < 1.29 is 13.2 Å². The third-order valence-corrected chi connectivity index (χ3v) is 6.00. The van der Waals surface area contributed by atoms with E-state index >= 15 is 0 Å². The summed E-state index contributed by atoms with van der Waals surface area (Å²) in [4.78, 5) is 12.8. The second-order valence-electron chi connectivity index (χ2n) is 5.79. The third-order valence-electron chi connectivity index (χ3n) is 4.21. The molecule has 0 bridgehead atoms. The first kappa shape index (κ1) is 17.9. The predicted molar refractivity (Wildman–Crippen MR) is 97.8 cm³/mol. The van der Waals surface area contributed by atoms with Crippen LogP contribution in [0, 0.1) is 13.8 Å². The van der Waals surface area contributed by atoms with Gasteiger partial charge in [-0.2, -0.15) is 9.78 Å². The summed E-state index contributed by atoms with van der Waals surface area (Å²) in [6.45, 7) is 3.20. The molecule has 0 aliphatic carbocycles. The molecule has 6 nitrogen and oxygen atoms in total. The first-order chi connectivity index (χ1) is 12.4. The van der Waals surface area contributed by atoms with Crippen molar-refractivity contribution in [3.05, 3.63) is 76.1 Å². The van der Waals surface area contributed by atoms with E-state index in [-0.39, 0.29) is 15.5 Å². The maximum absolute atomic E-state index is 13.0. The number of nitrogens with zero attached hydrogens (tertiary/aromatic N) is 2. The van der Waals surface area contributed by atoms with Gasteiger partial charge in [0.15, 0.2) is 5.03 Å². The van der Waals surface area contributed by atoms with Crippen molar-refractivity contribution >= 4 is 9.84 Å². The van der Waals surface area contributed by atoms with Gasteiger partial charge in [0.1, 0.15) is 5.75 Å². The summed E-state index contributed by atoms with van der Waals surface area (Å²) in [6, 6.07) is 14.7. The van der Waals surface area contributed by atoms with Crippen LogP contribution in [0.25, 0.3) is 5.69 Å². The summed E-state index contributed by atoms with van der Waals surface area (Å²) >= 11 is 0. The first-order valence-corrected chi connectivity index (χ1v) is 9.39. The van der Waals surface area contributed by atoms with Crippen LogP contribution in [0.1, 0.15) is 11.1 Å². The van der Waals surface area contributed by atoms with Crippen molar-refractivity contribution in [1.29, 1.82) is 0 Å². The number of sulfone groups is 1. The molecule has 0 saturated carbocycles. The summed E-state index contributed by atoms with van der Waals surface area (Å²) in [5, 5.41) is 4.05. The summed E-state index contributed by atoms with van der Waals surface area (Å²) in [7, 11) is -2.31. The molecule has 0 aliphatic rings. The van der Waals surface area contributed by atoms with Gasteiger partial charge in [-0.25, -0.2) is 8.42 Å². The summed E-state index contributed by atoms with van der Waals surface area (Å²) in [5.74, 6) is 0.628. The number of hydrogen-bond donors (Lipinski definition) is 0. The number of benzene rings is 2. The monoisotopic (exact) mass is 370 g/mol. The maximum Gasteiger partial charge on any atom is 0.274 e. The van der Waals surface area contributed by atoms with Gasteiger partial charge in [0.05, 0.1) is 17.7 Å². The van der Waals surface area contributed by atoms with E-state index in [0.717, 1.165) is 4.68 Å². The molecular weight excluding hydrogens is 352 g/mol. The minimum atomic E-state index is -3.85. The van der Waals surface area contributed by atoms with Crippen molar-refractivity contribution in [3.63, 3.8) is 0 Å². The SMILES string of the molecule is COc1ccc(-n2nc(S(=O)(=O)c3ccccc3)c(C)c(C)c2=O)cc1. The van der Waals surface area contributed by atoms with Crippen LogP contribution < -0.4 is 10.3 Å². The van der Waals surface area contributed by atoms with E-state index in [0.29, 0.717) is 22.6 Å². The smallest absolute Gasteiger partial charge is 0.274 e. The molecule has 0 aliphatic heterocycles. The van der Waals surface area contributed by atoms with Gasteiger partial charge in [0.2, 0.25) is 9.84 Å². The normalized spacial score (nSPS) is 11.3. The minimum absolute atomic E-state index is 0.128. The number of hydrogen-bond acceptors (Lipinski definition) is 5. The summed E-state index contributed by atoms with van der Waals surface area (Å²) < 4.78 is 32.2. The number of methoxy groups -OCH3 is 1. The van der Waals surface area contributed by atoms with Crippen LogP contribution in [0.4, 0.5) is 0 Å². The lowest BCUT2D eigenvalue weighted by Crippen LogP contribution is -2.27. The van der Waals surface area contributed by atoms with Gasteiger partial charge >= 0.3 is 0 Å². The number of aromatic nitrogens is 2. The van der Waals surface area contributed by atoms with Crippen LogP contribution in [0.15, 0.2) is 69.3 Å². The molecule has 0 radical (unpaired) electrons. The van der Waals surface area contributed by atoms with Crippen molar-refractivity contribution in [2.24, 2.45) is 0 Å². The third kappa shape index (κ3) is 3.01. The Labute approximate surface area is 151 Å². The molecule has 7 heteroatoms. The highest BCUT2D eigenvalue weighted by Crippen LogP contribution is 2.23. The van der Waals surface area contributed by atoms with E-state index in [1.165, 1.54) is 12.1 Å². The molecule has 0 atom stereocenters. The molecule has 3 aromatic rings. The van der Waals surface area contributed by atoms with E-state index in [9.17, 15) is 13.2 Å². The van der Waals surface area contributed by atoms with Gasteiger partial charge in [-0.3, -0.25) is 4.79 Å². The quantitative estimate of drug-likeness (QED) is 0.706. The Morgan fingerprint density at radius 3 is 2.12 bits per heavy atom.